The molecular weight excluding hydrogens is 441 g/mol. The summed E-state index contributed by atoms with van der Waals surface area (Å²) < 4.78 is 38.4. The van der Waals surface area contributed by atoms with Crippen LogP contribution in [0.1, 0.15) is 11.1 Å². The van der Waals surface area contributed by atoms with Crippen LogP contribution in [0, 0.1) is 0 Å². The topological polar surface area (TPSA) is 89.9 Å². The Bertz CT molecular complexity index is 1070. The van der Waals surface area contributed by atoms with Gasteiger partial charge in [-0.3, -0.25) is 14.5 Å². The summed E-state index contributed by atoms with van der Waals surface area (Å²) in [5, 5.41) is 21.5. The molecule has 0 unspecified atom stereocenters. The summed E-state index contributed by atoms with van der Waals surface area (Å²) in [5.74, 6) is -1.71. The number of rotatable bonds is 4. The number of halogens is 3. The van der Waals surface area contributed by atoms with Gasteiger partial charge in [-0.1, -0.05) is 30.0 Å². The molecular formula is C19H13F3N2O4S2. The van der Waals surface area contributed by atoms with Crippen molar-refractivity contribution in [3.63, 3.8) is 0 Å². The number of phenols is 2. The van der Waals surface area contributed by atoms with Gasteiger partial charge in [-0.2, -0.15) is 13.2 Å². The summed E-state index contributed by atoms with van der Waals surface area (Å²) in [5.41, 5.74) is -0.714. The minimum Gasteiger partial charge on any atom is -0.508 e. The van der Waals surface area contributed by atoms with Crippen LogP contribution in [-0.4, -0.2) is 37.8 Å². The van der Waals surface area contributed by atoms with Crippen LogP contribution in [0.25, 0.3) is 6.08 Å². The number of hydrogen-bond acceptors (Lipinski definition) is 6. The van der Waals surface area contributed by atoms with Gasteiger partial charge in [0.2, 0.25) is 5.91 Å². The van der Waals surface area contributed by atoms with E-state index in [9.17, 15) is 33.0 Å². The van der Waals surface area contributed by atoms with Crippen molar-refractivity contribution in [3.8, 4) is 11.5 Å². The molecule has 0 aliphatic carbocycles. The Balaban J connectivity index is 1.71. The van der Waals surface area contributed by atoms with Crippen molar-refractivity contribution in [1.82, 2.24) is 4.90 Å². The molecule has 0 spiro atoms. The molecule has 2 amide bonds. The molecule has 0 saturated carbocycles. The van der Waals surface area contributed by atoms with Crippen LogP contribution in [0.15, 0.2) is 47.4 Å². The predicted molar refractivity (Wildman–Crippen MR) is 110 cm³/mol. The summed E-state index contributed by atoms with van der Waals surface area (Å²) in [6.45, 7) is -0.486. The molecule has 3 N–H and O–H groups in total. The molecule has 3 rings (SSSR count). The van der Waals surface area contributed by atoms with Crippen molar-refractivity contribution in [3.05, 3.63) is 58.5 Å². The Labute approximate surface area is 178 Å². The number of thiocarbonyl (C=S) groups is 1. The number of amides is 2. The average Bonchev–Trinajstić information content (AvgIpc) is 2.91. The zero-order valence-electron chi connectivity index (χ0n) is 14.9. The molecule has 6 nitrogen and oxygen atoms in total. The molecule has 0 bridgehead atoms. The fourth-order valence-electron chi connectivity index (χ4n) is 2.55. The van der Waals surface area contributed by atoms with Gasteiger partial charge in [-0.25, -0.2) is 0 Å². The van der Waals surface area contributed by atoms with E-state index < -0.39 is 30.1 Å². The first-order valence-electron chi connectivity index (χ1n) is 8.29. The van der Waals surface area contributed by atoms with Crippen LogP contribution in [0.5, 0.6) is 11.5 Å². The van der Waals surface area contributed by atoms with Gasteiger partial charge in [0.15, 0.2) is 0 Å². The van der Waals surface area contributed by atoms with Gasteiger partial charge in [-0.05, 0) is 36.4 Å². The first-order chi connectivity index (χ1) is 14.0. The van der Waals surface area contributed by atoms with E-state index in [2.05, 4.69) is 5.32 Å². The van der Waals surface area contributed by atoms with Gasteiger partial charge in [0.1, 0.15) is 22.4 Å². The number of thioether (sulfide) groups is 1. The largest absolute Gasteiger partial charge is 0.508 e. The summed E-state index contributed by atoms with van der Waals surface area (Å²) >= 11 is 6.02. The maximum atomic E-state index is 12.8. The Hall–Kier alpha value is -3.05. The van der Waals surface area contributed by atoms with Crippen LogP contribution in [-0.2, 0) is 15.8 Å². The number of carbonyl (C=O) groups excluding carboxylic acids is 2. The van der Waals surface area contributed by atoms with Gasteiger partial charge >= 0.3 is 6.18 Å². The predicted octanol–water partition coefficient (Wildman–Crippen LogP) is 3.96. The second kappa shape index (κ2) is 8.36. The molecule has 11 heteroatoms. The van der Waals surface area contributed by atoms with E-state index in [1.54, 1.807) is 0 Å². The molecule has 2 aromatic rings. The molecule has 0 atom stereocenters. The third-order valence-corrected chi connectivity index (χ3v) is 5.33. The highest BCUT2D eigenvalue weighted by Gasteiger charge is 2.34. The standard InChI is InChI=1S/C19H13F3N2O4S2/c20-19(21,22)11-2-1-3-12(7-11)23-16(27)9-24-17(28)15(30-18(24)29)6-10-4-5-13(25)8-14(10)26/h1-8,25-26H,9H2,(H,23,27)/b15-6-. The van der Waals surface area contributed by atoms with Crippen molar-refractivity contribution in [2.45, 2.75) is 6.18 Å². The van der Waals surface area contributed by atoms with Gasteiger partial charge in [0.05, 0.1) is 10.5 Å². The van der Waals surface area contributed by atoms with Crippen molar-refractivity contribution < 1.29 is 33.0 Å². The zero-order valence-corrected chi connectivity index (χ0v) is 16.6. The average molecular weight is 454 g/mol. The van der Waals surface area contributed by atoms with Gasteiger partial charge < -0.3 is 15.5 Å². The van der Waals surface area contributed by atoms with Gasteiger partial charge in [-0.15, -0.1) is 0 Å². The summed E-state index contributed by atoms with van der Waals surface area (Å²) in [4.78, 5) is 25.9. The lowest BCUT2D eigenvalue weighted by molar-refractivity contribution is -0.137. The highest BCUT2D eigenvalue weighted by Crippen LogP contribution is 2.35. The lowest BCUT2D eigenvalue weighted by Crippen LogP contribution is -2.36. The number of anilines is 1. The second-order valence-electron chi connectivity index (χ2n) is 6.14. The molecule has 1 aliphatic rings. The van der Waals surface area contributed by atoms with Crippen molar-refractivity contribution in [1.29, 1.82) is 0 Å². The Morgan fingerprint density at radius 3 is 2.60 bits per heavy atom. The van der Waals surface area contributed by atoms with Crippen LogP contribution < -0.4 is 5.32 Å². The lowest BCUT2D eigenvalue weighted by atomic mass is 10.1. The first kappa shape index (κ1) is 21.7. The quantitative estimate of drug-likeness (QED) is 0.479. The second-order valence-corrected chi connectivity index (χ2v) is 7.81. The molecule has 1 saturated heterocycles. The number of nitrogens with zero attached hydrogens (tertiary/aromatic N) is 1. The third-order valence-electron chi connectivity index (χ3n) is 3.95. The highest BCUT2D eigenvalue weighted by atomic mass is 32.2. The number of nitrogens with one attached hydrogen (secondary N) is 1. The molecule has 1 heterocycles. The number of aromatic hydroxyl groups is 2. The van der Waals surface area contributed by atoms with Crippen LogP contribution >= 0.6 is 24.0 Å². The van der Waals surface area contributed by atoms with Crippen LogP contribution in [0.2, 0.25) is 0 Å². The van der Waals surface area contributed by atoms with Crippen LogP contribution in [0.4, 0.5) is 18.9 Å². The van der Waals surface area contributed by atoms with E-state index in [-0.39, 0.29) is 32.0 Å². The summed E-state index contributed by atoms with van der Waals surface area (Å²) in [7, 11) is 0. The molecule has 30 heavy (non-hydrogen) atoms. The summed E-state index contributed by atoms with van der Waals surface area (Å²) in [6, 6.07) is 7.95. The molecule has 1 fully saturated rings. The van der Waals surface area contributed by atoms with E-state index in [0.717, 1.165) is 40.9 Å². The van der Waals surface area contributed by atoms with Crippen molar-refractivity contribution >= 4 is 51.9 Å². The minimum absolute atomic E-state index is 0.0650. The molecule has 1 aliphatic heterocycles. The maximum Gasteiger partial charge on any atom is 0.416 e. The van der Waals surface area contributed by atoms with Gasteiger partial charge in [0, 0.05) is 17.3 Å². The monoisotopic (exact) mass is 454 g/mol. The highest BCUT2D eigenvalue weighted by molar-refractivity contribution is 8.26. The molecule has 156 valence electrons. The van der Waals surface area contributed by atoms with E-state index in [1.807, 2.05) is 0 Å². The van der Waals surface area contributed by atoms with E-state index in [0.29, 0.717) is 0 Å². The maximum absolute atomic E-state index is 12.8. The van der Waals surface area contributed by atoms with Gasteiger partial charge in [0.25, 0.3) is 5.91 Å². The SMILES string of the molecule is O=C(CN1C(=O)/C(=C/c2ccc(O)cc2O)SC1=S)Nc1cccc(C(F)(F)F)c1. The Kier molecular flexibility index (Phi) is 6.04. The lowest BCUT2D eigenvalue weighted by Gasteiger charge is -2.15. The Morgan fingerprint density at radius 1 is 1.20 bits per heavy atom. The number of phenolic OH excluding ortho intramolecular Hbond substituents is 2. The molecule has 2 aromatic carbocycles. The smallest absolute Gasteiger partial charge is 0.416 e. The normalized spacial score (nSPS) is 15.7. The molecule has 0 aromatic heterocycles. The van der Waals surface area contributed by atoms with Crippen LogP contribution in [0.3, 0.4) is 0 Å². The zero-order chi connectivity index (χ0) is 22.1. The Morgan fingerprint density at radius 2 is 1.93 bits per heavy atom. The fourth-order valence-corrected chi connectivity index (χ4v) is 3.80. The fraction of sp³-hybridized carbons (Fsp3) is 0.105. The molecule has 0 radical (unpaired) electrons. The van der Waals surface area contributed by atoms with Crippen molar-refractivity contribution in [2.75, 3.05) is 11.9 Å². The van der Waals surface area contributed by atoms with E-state index in [4.69, 9.17) is 12.2 Å². The van der Waals surface area contributed by atoms with E-state index in [1.165, 1.54) is 24.3 Å². The number of hydrogen-bond donors (Lipinski definition) is 3. The number of carbonyl (C=O) groups is 2. The van der Waals surface area contributed by atoms with Crippen molar-refractivity contribution in [2.24, 2.45) is 0 Å². The number of benzene rings is 2. The summed E-state index contributed by atoms with van der Waals surface area (Å²) in [6.07, 6.45) is -3.19. The third kappa shape index (κ3) is 4.92. The minimum atomic E-state index is -4.55. The number of alkyl halides is 3. The van der Waals surface area contributed by atoms with E-state index >= 15 is 0 Å². The first-order valence-corrected chi connectivity index (χ1v) is 9.51.